The zero-order valence-electron chi connectivity index (χ0n) is 20.4. The maximum absolute atomic E-state index is 13.0. The number of hydrogen-bond acceptors (Lipinski definition) is 8. The van der Waals surface area contributed by atoms with Crippen LogP contribution in [0.1, 0.15) is 36.5 Å². The van der Waals surface area contributed by atoms with Gasteiger partial charge in [0.2, 0.25) is 10.0 Å². The van der Waals surface area contributed by atoms with Crippen molar-refractivity contribution in [3.63, 3.8) is 0 Å². The molecule has 1 saturated heterocycles. The van der Waals surface area contributed by atoms with Crippen molar-refractivity contribution in [2.75, 3.05) is 26.0 Å². The summed E-state index contributed by atoms with van der Waals surface area (Å²) >= 11 is 1.06. The molecule has 0 unspecified atom stereocenters. The van der Waals surface area contributed by atoms with Gasteiger partial charge in [-0.25, -0.2) is 16.8 Å². The standard InChI is InChI=1S/C24H27N3O7S3/c1-3-34-22(28)16-27-20-12-11-19(36(2,30)31)15-21(20)35-24(27)25-23(29)17-7-9-18(10-8-17)37(32,33)26-13-5-4-6-14-26/h7-12,15H,3-6,13-14,16H2,1-2H3. The zero-order valence-corrected chi connectivity index (χ0v) is 22.9. The summed E-state index contributed by atoms with van der Waals surface area (Å²) in [7, 11) is -7.10. The summed E-state index contributed by atoms with van der Waals surface area (Å²) in [4.78, 5) is 29.8. The Balaban J connectivity index is 1.71. The van der Waals surface area contributed by atoms with Crippen molar-refractivity contribution in [2.24, 2.45) is 4.99 Å². The second-order valence-corrected chi connectivity index (χ2v) is 13.5. The fourth-order valence-electron chi connectivity index (χ4n) is 4.03. The number of fused-ring (bicyclic) bond motifs is 1. The Hall–Kier alpha value is -2.87. The molecule has 1 aromatic heterocycles. The molecule has 2 aromatic carbocycles. The normalized spacial score (nSPS) is 15.7. The van der Waals surface area contributed by atoms with E-state index in [-0.39, 0.29) is 33.3 Å². The monoisotopic (exact) mass is 565 g/mol. The van der Waals surface area contributed by atoms with Crippen LogP contribution in [0, 0.1) is 0 Å². The topological polar surface area (TPSA) is 132 Å². The fraction of sp³-hybridized carbons (Fsp3) is 0.375. The lowest BCUT2D eigenvalue weighted by molar-refractivity contribution is -0.143. The lowest BCUT2D eigenvalue weighted by Gasteiger charge is -2.25. The van der Waals surface area contributed by atoms with Gasteiger partial charge in [-0.05, 0) is 62.2 Å². The number of carbonyl (C=O) groups excluding carboxylic acids is 2. The van der Waals surface area contributed by atoms with E-state index in [0.29, 0.717) is 23.3 Å². The van der Waals surface area contributed by atoms with Gasteiger partial charge in [0.05, 0.1) is 26.6 Å². The third kappa shape index (κ3) is 6.00. The molecule has 2 heterocycles. The molecule has 4 rings (SSSR count). The van der Waals surface area contributed by atoms with Gasteiger partial charge < -0.3 is 9.30 Å². The highest BCUT2D eigenvalue weighted by molar-refractivity contribution is 7.90. The minimum Gasteiger partial charge on any atom is -0.465 e. The van der Waals surface area contributed by atoms with Crippen molar-refractivity contribution < 1.29 is 31.2 Å². The van der Waals surface area contributed by atoms with Gasteiger partial charge in [-0.1, -0.05) is 17.8 Å². The number of esters is 1. The number of hydrogen-bond donors (Lipinski definition) is 0. The molecule has 1 aliphatic rings. The highest BCUT2D eigenvalue weighted by Gasteiger charge is 2.26. The fourth-order valence-corrected chi connectivity index (χ4v) is 7.34. The Labute approximate surface area is 219 Å². The molecule has 0 saturated carbocycles. The van der Waals surface area contributed by atoms with Crippen LogP contribution in [0.5, 0.6) is 0 Å². The van der Waals surface area contributed by atoms with Crippen LogP contribution in [-0.4, -0.2) is 63.5 Å². The number of sulfone groups is 1. The lowest BCUT2D eigenvalue weighted by Crippen LogP contribution is -2.35. The summed E-state index contributed by atoms with van der Waals surface area (Å²) in [5, 5.41) is 0. The molecule has 1 aliphatic heterocycles. The number of ether oxygens (including phenoxy) is 1. The summed E-state index contributed by atoms with van der Waals surface area (Å²) < 4.78 is 58.3. The van der Waals surface area contributed by atoms with Crippen molar-refractivity contribution in [1.82, 2.24) is 8.87 Å². The first-order valence-corrected chi connectivity index (χ1v) is 15.8. The van der Waals surface area contributed by atoms with Gasteiger partial charge in [0.25, 0.3) is 5.91 Å². The molecule has 0 atom stereocenters. The third-order valence-corrected chi connectivity index (χ3v) is 9.99. The first-order valence-electron chi connectivity index (χ1n) is 11.7. The number of thiazole rings is 1. The average Bonchev–Trinajstić information content (AvgIpc) is 3.20. The van der Waals surface area contributed by atoms with E-state index in [0.717, 1.165) is 36.9 Å². The number of piperidine rings is 1. The predicted molar refractivity (Wildman–Crippen MR) is 139 cm³/mol. The Kier molecular flexibility index (Phi) is 7.97. The molecule has 13 heteroatoms. The van der Waals surface area contributed by atoms with Gasteiger partial charge in [0.15, 0.2) is 14.6 Å². The summed E-state index contributed by atoms with van der Waals surface area (Å²) in [5.74, 6) is -1.16. The highest BCUT2D eigenvalue weighted by atomic mass is 32.2. The second kappa shape index (κ2) is 10.9. The number of rotatable bonds is 7. The Morgan fingerprint density at radius 2 is 1.62 bits per heavy atom. The molecule has 1 fully saturated rings. The van der Waals surface area contributed by atoms with Crippen LogP contribution in [0.4, 0.5) is 0 Å². The van der Waals surface area contributed by atoms with E-state index < -0.39 is 31.7 Å². The smallest absolute Gasteiger partial charge is 0.326 e. The number of benzene rings is 2. The van der Waals surface area contributed by atoms with Crippen LogP contribution in [0.3, 0.4) is 0 Å². The minimum atomic E-state index is -3.63. The molecular formula is C24H27N3O7S3. The summed E-state index contributed by atoms with van der Waals surface area (Å²) in [6.45, 7) is 2.59. The molecule has 0 N–H and O–H groups in total. The van der Waals surface area contributed by atoms with E-state index in [4.69, 9.17) is 4.74 Å². The van der Waals surface area contributed by atoms with Crippen molar-refractivity contribution >= 4 is 53.3 Å². The first kappa shape index (κ1) is 27.2. The maximum Gasteiger partial charge on any atom is 0.326 e. The molecule has 0 spiro atoms. The predicted octanol–water partition coefficient (Wildman–Crippen LogP) is 2.59. The van der Waals surface area contributed by atoms with E-state index in [9.17, 15) is 26.4 Å². The Bertz CT molecular complexity index is 1610. The van der Waals surface area contributed by atoms with E-state index in [2.05, 4.69) is 4.99 Å². The van der Waals surface area contributed by atoms with Crippen molar-refractivity contribution in [2.45, 2.75) is 42.5 Å². The zero-order chi connectivity index (χ0) is 26.8. The molecule has 198 valence electrons. The van der Waals surface area contributed by atoms with Gasteiger partial charge in [-0.3, -0.25) is 9.59 Å². The quantitative estimate of drug-likeness (QED) is 0.402. The van der Waals surface area contributed by atoms with Crippen molar-refractivity contribution in [1.29, 1.82) is 0 Å². The average molecular weight is 566 g/mol. The van der Waals surface area contributed by atoms with Crippen LogP contribution >= 0.6 is 11.3 Å². The highest BCUT2D eigenvalue weighted by Crippen LogP contribution is 2.23. The Morgan fingerprint density at radius 1 is 0.973 bits per heavy atom. The number of sulfonamides is 1. The second-order valence-electron chi connectivity index (χ2n) is 8.58. The van der Waals surface area contributed by atoms with Crippen LogP contribution < -0.4 is 4.80 Å². The molecule has 1 amide bonds. The third-order valence-electron chi connectivity index (χ3n) is 5.93. The number of nitrogens with zero attached hydrogens (tertiary/aromatic N) is 3. The van der Waals surface area contributed by atoms with Crippen LogP contribution in [-0.2, 0) is 35.9 Å². The van der Waals surface area contributed by atoms with Gasteiger partial charge >= 0.3 is 5.97 Å². The van der Waals surface area contributed by atoms with Gasteiger partial charge in [0.1, 0.15) is 6.54 Å². The van der Waals surface area contributed by atoms with Crippen LogP contribution in [0.25, 0.3) is 10.2 Å². The molecule has 0 radical (unpaired) electrons. The summed E-state index contributed by atoms with van der Waals surface area (Å²) in [6, 6.07) is 10.1. The van der Waals surface area contributed by atoms with E-state index in [1.165, 1.54) is 45.3 Å². The van der Waals surface area contributed by atoms with Gasteiger partial charge in [-0.15, -0.1) is 0 Å². The molecule has 37 heavy (non-hydrogen) atoms. The summed E-state index contributed by atoms with van der Waals surface area (Å²) in [6.07, 6.45) is 3.74. The minimum absolute atomic E-state index is 0.105. The maximum atomic E-state index is 13.0. The van der Waals surface area contributed by atoms with Crippen molar-refractivity contribution in [3.8, 4) is 0 Å². The van der Waals surface area contributed by atoms with E-state index in [1.807, 2.05) is 0 Å². The number of aromatic nitrogens is 1. The summed E-state index contributed by atoms with van der Waals surface area (Å²) in [5.41, 5.74) is 0.703. The molecule has 0 bridgehead atoms. The molecule has 10 nitrogen and oxygen atoms in total. The van der Waals surface area contributed by atoms with Crippen LogP contribution in [0.15, 0.2) is 57.2 Å². The molecule has 3 aromatic rings. The molecule has 0 aliphatic carbocycles. The van der Waals surface area contributed by atoms with Gasteiger partial charge in [0, 0.05) is 24.9 Å². The van der Waals surface area contributed by atoms with E-state index >= 15 is 0 Å². The molecular weight excluding hydrogens is 538 g/mol. The largest absolute Gasteiger partial charge is 0.465 e. The van der Waals surface area contributed by atoms with Crippen LogP contribution in [0.2, 0.25) is 0 Å². The Morgan fingerprint density at radius 3 is 2.24 bits per heavy atom. The number of carbonyl (C=O) groups is 2. The first-order chi connectivity index (χ1) is 17.5. The number of amides is 1. The SMILES string of the molecule is CCOC(=O)Cn1c(=NC(=O)c2ccc(S(=O)(=O)N3CCCCC3)cc2)sc2cc(S(C)(=O)=O)ccc21. The lowest BCUT2D eigenvalue weighted by atomic mass is 10.2. The van der Waals surface area contributed by atoms with Gasteiger partial charge in [-0.2, -0.15) is 9.30 Å². The van der Waals surface area contributed by atoms with E-state index in [1.54, 1.807) is 13.0 Å². The van der Waals surface area contributed by atoms with Crippen molar-refractivity contribution in [3.05, 3.63) is 52.8 Å².